The predicted octanol–water partition coefficient (Wildman–Crippen LogP) is 3.46. The van der Waals surface area contributed by atoms with Crippen LogP contribution >= 0.6 is 0 Å². The van der Waals surface area contributed by atoms with E-state index in [9.17, 15) is 5.26 Å². The highest BCUT2D eigenvalue weighted by Crippen LogP contribution is 2.27. The van der Waals surface area contributed by atoms with Gasteiger partial charge in [0.25, 0.3) is 0 Å². The van der Waals surface area contributed by atoms with Crippen LogP contribution in [0.3, 0.4) is 0 Å². The van der Waals surface area contributed by atoms with Crippen LogP contribution < -0.4 is 5.32 Å². The fourth-order valence-electron chi connectivity index (χ4n) is 2.99. The van der Waals surface area contributed by atoms with E-state index in [1.807, 2.05) is 0 Å². The zero-order valence-corrected chi connectivity index (χ0v) is 12.7. The molecule has 1 fully saturated rings. The molecule has 4 nitrogen and oxygen atoms in total. The summed E-state index contributed by atoms with van der Waals surface area (Å²) in [4.78, 5) is 0. The average Bonchev–Trinajstić information content (AvgIpc) is 2.48. The maximum atomic E-state index is 9.46. The number of nitrogens with zero attached hydrogens (tertiary/aromatic N) is 3. The Morgan fingerprint density at radius 1 is 1.15 bits per heavy atom. The molecule has 1 aliphatic rings. The van der Waals surface area contributed by atoms with Crippen molar-refractivity contribution < 1.29 is 0 Å². The zero-order chi connectivity index (χ0) is 14.5. The molecule has 4 heteroatoms. The largest absolute Gasteiger partial charge is 0.365 e. The van der Waals surface area contributed by atoms with Gasteiger partial charge in [0.05, 0.1) is 5.69 Å². The van der Waals surface area contributed by atoms with Gasteiger partial charge in [0.15, 0.2) is 5.82 Å². The summed E-state index contributed by atoms with van der Waals surface area (Å²) in [6.45, 7) is 6.44. The smallest absolute Gasteiger partial charge is 0.167 e. The Morgan fingerprint density at radius 2 is 1.85 bits per heavy atom. The molecule has 108 valence electrons. The number of aryl methyl sites for hydroxylation is 1. The van der Waals surface area contributed by atoms with Crippen molar-refractivity contribution in [2.24, 2.45) is 5.92 Å². The molecule has 0 saturated heterocycles. The van der Waals surface area contributed by atoms with Crippen molar-refractivity contribution in [3.63, 3.8) is 0 Å². The molecule has 1 aromatic heterocycles. The number of hydrogen-bond acceptors (Lipinski definition) is 4. The van der Waals surface area contributed by atoms with Crippen molar-refractivity contribution in [2.75, 3.05) is 5.32 Å². The molecule has 0 amide bonds. The van der Waals surface area contributed by atoms with Crippen LogP contribution in [0.5, 0.6) is 0 Å². The Hall–Kier alpha value is -1.63. The van der Waals surface area contributed by atoms with Gasteiger partial charge in [0, 0.05) is 6.04 Å². The highest BCUT2D eigenvalue weighted by atomic mass is 15.2. The van der Waals surface area contributed by atoms with E-state index in [1.165, 1.54) is 12.8 Å². The van der Waals surface area contributed by atoms with Gasteiger partial charge in [-0.2, -0.15) is 10.4 Å². The third-order valence-corrected chi connectivity index (χ3v) is 4.31. The van der Waals surface area contributed by atoms with Crippen molar-refractivity contribution in [1.82, 2.24) is 10.2 Å². The molecule has 1 aliphatic carbocycles. The molecule has 1 saturated carbocycles. The number of aromatic nitrogens is 2. The summed E-state index contributed by atoms with van der Waals surface area (Å²) in [5, 5.41) is 21.5. The van der Waals surface area contributed by atoms with Gasteiger partial charge in [0.1, 0.15) is 11.6 Å². The molecule has 0 aromatic carbocycles. The topological polar surface area (TPSA) is 61.6 Å². The Balaban J connectivity index is 2.22. The molecule has 2 rings (SSSR count). The minimum absolute atomic E-state index is 0.435. The van der Waals surface area contributed by atoms with Gasteiger partial charge in [0.2, 0.25) is 0 Å². The first-order chi connectivity index (χ1) is 9.69. The average molecular weight is 272 g/mol. The summed E-state index contributed by atoms with van der Waals surface area (Å²) in [5.74, 6) is 1.50. The first kappa shape index (κ1) is 14.8. The van der Waals surface area contributed by atoms with Gasteiger partial charge < -0.3 is 5.32 Å². The van der Waals surface area contributed by atoms with E-state index in [0.29, 0.717) is 17.4 Å². The van der Waals surface area contributed by atoms with Crippen molar-refractivity contribution in [2.45, 2.75) is 65.3 Å². The van der Waals surface area contributed by atoms with Gasteiger partial charge in [-0.1, -0.05) is 20.8 Å². The molecule has 0 radical (unpaired) electrons. The number of nitriles is 1. The lowest BCUT2D eigenvalue weighted by molar-refractivity contribution is 0.360. The first-order valence-corrected chi connectivity index (χ1v) is 7.74. The van der Waals surface area contributed by atoms with Crippen LogP contribution in [0.4, 0.5) is 5.82 Å². The predicted molar refractivity (Wildman–Crippen MR) is 80.5 cm³/mol. The quantitative estimate of drug-likeness (QED) is 0.911. The second-order valence-electron chi connectivity index (χ2n) is 5.77. The van der Waals surface area contributed by atoms with Gasteiger partial charge in [-0.3, -0.25) is 0 Å². The van der Waals surface area contributed by atoms with Crippen LogP contribution in [0.1, 0.15) is 63.3 Å². The Bertz CT molecular complexity index is 496. The van der Waals surface area contributed by atoms with E-state index in [1.54, 1.807) is 0 Å². The minimum atomic E-state index is 0.435. The van der Waals surface area contributed by atoms with Crippen molar-refractivity contribution in [1.29, 1.82) is 5.26 Å². The maximum absolute atomic E-state index is 9.46. The Morgan fingerprint density at radius 3 is 2.40 bits per heavy atom. The SMILES string of the molecule is CCc1nnc(NC2CCC(C)CC2)c(C#N)c1CC. The zero-order valence-electron chi connectivity index (χ0n) is 12.7. The van der Waals surface area contributed by atoms with Crippen LogP contribution in [-0.4, -0.2) is 16.2 Å². The van der Waals surface area contributed by atoms with E-state index in [4.69, 9.17) is 0 Å². The van der Waals surface area contributed by atoms with Gasteiger partial charge >= 0.3 is 0 Å². The maximum Gasteiger partial charge on any atom is 0.167 e. The number of hydrogen-bond donors (Lipinski definition) is 1. The highest BCUT2D eigenvalue weighted by Gasteiger charge is 2.21. The first-order valence-electron chi connectivity index (χ1n) is 7.74. The molecule has 0 atom stereocenters. The van der Waals surface area contributed by atoms with E-state index >= 15 is 0 Å². The molecule has 0 spiro atoms. The standard InChI is InChI=1S/C16H24N4/c1-4-13-14(10-17)16(20-19-15(13)5-2)18-12-8-6-11(3)7-9-12/h11-12H,4-9H2,1-3H3,(H,18,20). The van der Waals surface area contributed by atoms with Gasteiger partial charge in [-0.15, -0.1) is 5.10 Å². The summed E-state index contributed by atoms with van der Waals surface area (Å²) in [7, 11) is 0. The highest BCUT2D eigenvalue weighted by molar-refractivity contribution is 5.56. The molecule has 0 aliphatic heterocycles. The fourth-order valence-corrected chi connectivity index (χ4v) is 2.99. The molecule has 0 unspecified atom stereocenters. The van der Waals surface area contributed by atoms with Crippen molar-refractivity contribution in [3.05, 3.63) is 16.8 Å². The van der Waals surface area contributed by atoms with E-state index < -0.39 is 0 Å². The van der Waals surface area contributed by atoms with E-state index in [0.717, 1.165) is 42.9 Å². The van der Waals surface area contributed by atoms with Crippen LogP contribution in [0, 0.1) is 17.2 Å². The monoisotopic (exact) mass is 272 g/mol. The second kappa shape index (κ2) is 6.69. The molecule has 1 aromatic rings. The van der Waals surface area contributed by atoms with Crippen LogP contribution in [-0.2, 0) is 12.8 Å². The Kier molecular flexibility index (Phi) is 4.94. The normalized spacial score (nSPS) is 22.3. The summed E-state index contributed by atoms with van der Waals surface area (Å²) in [6.07, 6.45) is 6.47. The lowest BCUT2D eigenvalue weighted by Gasteiger charge is -2.27. The number of anilines is 1. The van der Waals surface area contributed by atoms with E-state index in [-0.39, 0.29) is 0 Å². The molecule has 1 N–H and O–H groups in total. The lowest BCUT2D eigenvalue weighted by Crippen LogP contribution is -2.26. The van der Waals surface area contributed by atoms with Gasteiger partial charge in [-0.05, 0) is 50.0 Å². The van der Waals surface area contributed by atoms with Crippen molar-refractivity contribution in [3.8, 4) is 6.07 Å². The number of rotatable bonds is 4. The third-order valence-electron chi connectivity index (χ3n) is 4.31. The molecular formula is C16H24N4. The number of nitrogens with one attached hydrogen (secondary N) is 1. The van der Waals surface area contributed by atoms with Gasteiger partial charge in [-0.25, -0.2) is 0 Å². The summed E-state index contributed by atoms with van der Waals surface area (Å²) < 4.78 is 0. The van der Waals surface area contributed by atoms with Crippen molar-refractivity contribution >= 4 is 5.82 Å². The van der Waals surface area contributed by atoms with Crippen LogP contribution in [0.15, 0.2) is 0 Å². The lowest BCUT2D eigenvalue weighted by atomic mass is 9.87. The Labute approximate surface area is 121 Å². The summed E-state index contributed by atoms with van der Waals surface area (Å²) in [5.41, 5.74) is 2.70. The van der Waals surface area contributed by atoms with Crippen LogP contribution in [0.25, 0.3) is 0 Å². The molecule has 1 heterocycles. The summed E-state index contributed by atoms with van der Waals surface area (Å²) in [6, 6.07) is 2.76. The fraction of sp³-hybridized carbons (Fsp3) is 0.688. The van der Waals surface area contributed by atoms with E-state index in [2.05, 4.69) is 42.4 Å². The van der Waals surface area contributed by atoms with Crippen LogP contribution in [0.2, 0.25) is 0 Å². The molecule has 0 bridgehead atoms. The summed E-state index contributed by atoms with van der Waals surface area (Å²) >= 11 is 0. The third kappa shape index (κ3) is 3.09. The molecular weight excluding hydrogens is 248 g/mol. The minimum Gasteiger partial charge on any atom is -0.365 e. The second-order valence-corrected chi connectivity index (χ2v) is 5.77. The molecule has 20 heavy (non-hydrogen) atoms.